The van der Waals surface area contributed by atoms with Crippen molar-refractivity contribution in [3.63, 3.8) is 0 Å². The number of carbonyl (C=O) groups is 1. The van der Waals surface area contributed by atoms with Crippen molar-refractivity contribution in [1.29, 1.82) is 0 Å². The summed E-state index contributed by atoms with van der Waals surface area (Å²) in [5.41, 5.74) is 1.27. The second-order valence-electron chi connectivity index (χ2n) is 6.82. The van der Waals surface area contributed by atoms with Crippen LogP contribution < -0.4 is 11.2 Å². The van der Waals surface area contributed by atoms with Crippen LogP contribution in [0.4, 0.5) is 5.88 Å². The summed E-state index contributed by atoms with van der Waals surface area (Å²) >= 11 is 7.32. The van der Waals surface area contributed by atoms with Gasteiger partial charge in [0.1, 0.15) is 0 Å². The van der Waals surface area contributed by atoms with Gasteiger partial charge in [0, 0.05) is 17.0 Å². The Labute approximate surface area is 165 Å². The molecule has 8 nitrogen and oxygen atoms in total. The number of nitrogen functional groups attached to an aromatic ring is 1. The van der Waals surface area contributed by atoms with E-state index >= 15 is 0 Å². The van der Waals surface area contributed by atoms with Gasteiger partial charge in [0.05, 0.1) is 16.5 Å². The van der Waals surface area contributed by atoms with Crippen molar-refractivity contribution >= 4 is 35.2 Å². The minimum atomic E-state index is -0.265. The van der Waals surface area contributed by atoms with Crippen LogP contribution in [0.5, 0.6) is 0 Å². The quantitative estimate of drug-likeness (QED) is 0.493. The van der Waals surface area contributed by atoms with E-state index in [1.54, 1.807) is 18.2 Å². The number of anilines is 1. The van der Waals surface area contributed by atoms with Gasteiger partial charge in [-0.3, -0.25) is 10.1 Å². The molecule has 0 aliphatic carbocycles. The Balaban J connectivity index is 1.63. The summed E-state index contributed by atoms with van der Waals surface area (Å²) in [6.07, 6.45) is 0. The largest absolute Gasteiger partial charge is 0.338 e. The fourth-order valence-electron chi connectivity index (χ4n) is 2.19. The third-order valence-corrected chi connectivity index (χ3v) is 4.93. The maximum atomic E-state index is 12.1. The van der Waals surface area contributed by atoms with Gasteiger partial charge in [0.2, 0.25) is 16.9 Å². The minimum absolute atomic E-state index is 0.0867. The summed E-state index contributed by atoms with van der Waals surface area (Å²) in [6, 6.07) is 8.91. The first kappa shape index (κ1) is 19.2. The average Bonchev–Trinajstić information content (AvgIpc) is 3.20. The van der Waals surface area contributed by atoms with Crippen molar-refractivity contribution in [2.24, 2.45) is 0 Å². The predicted molar refractivity (Wildman–Crippen MR) is 105 cm³/mol. The van der Waals surface area contributed by atoms with E-state index in [0.717, 1.165) is 17.5 Å². The Bertz CT molecular complexity index is 962. The minimum Gasteiger partial charge on any atom is -0.338 e. The molecule has 1 amide bonds. The second-order valence-corrected chi connectivity index (χ2v) is 8.17. The molecule has 3 aromatic rings. The lowest BCUT2D eigenvalue weighted by atomic mass is 9.92. The van der Waals surface area contributed by atoms with Crippen LogP contribution in [-0.4, -0.2) is 31.7 Å². The van der Waals surface area contributed by atoms with E-state index in [1.807, 2.05) is 32.9 Å². The first-order valence-corrected chi connectivity index (χ1v) is 9.47. The fourth-order valence-corrected chi connectivity index (χ4v) is 3.07. The molecule has 0 fully saturated rings. The molecule has 3 N–H and O–H groups in total. The van der Waals surface area contributed by atoms with Crippen molar-refractivity contribution in [3.8, 4) is 11.4 Å². The number of hydrogen-bond acceptors (Lipinski definition) is 7. The molecule has 2 aromatic heterocycles. The Morgan fingerprint density at radius 3 is 2.74 bits per heavy atom. The number of nitrogens with zero attached hydrogens (tertiary/aromatic N) is 4. The normalized spacial score (nSPS) is 11.6. The number of amides is 1. The highest BCUT2D eigenvalue weighted by atomic mass is 35.5. The van der Waals surface area contributed by atoms with Crippen LogP contribution in [-0.2, 0) is 10.2 Å². The number of thioether (sulfide) groups is 1. The zero-order valence-electron chi connectivity index (χ0n) is 15.1. The average molecular weight is 407 g/mol. The van der Waals surface area contributed by atoms with Crippen LogP contribution in [0.2, 0.25) is 5.02 Å². The third kappa shape index (κ3) is 4.42. The lowest BCUT2D eigenvalue weighted by Gasteiger charge is -2.12. The molecule has 0 aliphatic rings. The zero-order chi connectivity index (χ0) is 19.6. The highest BCUT2D eigenvalue weighted by Gasteiger charge is 2.20. The van der Waals surface area contributed by atoms with Crippen LogP contribution >= 0.6 is 23.4 Å². The van der Waals surface area contributed by atoms with E-state index in [1.165, 1.54) is 4.68 Å². The predicted octanol–water partition coefficient (Wildman–Crippen LogP) is 3.33. The van der Waals surface area contributed by atoms with Gasteiger partial charge in [-0.1, -0.05) is 61.4 Å². The Hall–Kier alpha value is -2.52. The standard InChI is InChI=1S/C17H19ClN6O2S/c1-17(2,3)12-8-14(26-23-12)20-13(25)9-27-16-22-21-15(24(16)19)10-6-4-5-7-11(10)18/h4-8H,9,19H2,1-3H3,(H,20,25). The van der Waals surface area contributed by atoms with E-state index in [4.69, 9.17) is 22.0 Å². The molecule has 0 saturated carbocycles. The first-order valence-electron chi connectivity index (χ1n) is 8.11. The van der Waals surface area contributed by atoms with Crippen molar-refractivity contribution in [2.45, 2.75) is 31.3 Å². The number of carbonyl (C=O) groups excluding carboxylic acids is 1. The number of nitrogens with one attached hydrogen (secondary N) is 1. The van der Waals surface area contributed by atoms with Crippen LogP contribution in [0.15, 0.2) is 40.0 Å². The van der Waals surface area contributed by atoms with E-state index < -0.39 is 0 Å². The van der Waals surface area contributed by atoms with Gasteiger partial charge in [0.15, 0.2) is 5.82 Å². The summed E-state index contributed by atoms with van der Waals surface area (Å²) in [5, 5.41) is 15.6. The summed E-state index contributed by atoms with van der Waals surface area (Å²) in [5.74, 6) is 6.59. The number of hydrogen-bond donors (Lipinski definition) is 2. The lowest BCUT2D eigenvalue weighted by molar-refractivity contribution is -0.113. The molecule has 0 atom stereocenters. The van der Waals surface area contributed by atoms with Gasteiger partial charge >= 0.3 is 0 Å². The van der Waals surface area contributed by atoms with Crippen LogP contribution in [0.3, 0.4) is 0 Å². The molecule has 10 heteroatoms. The molecule has 0 spiro atoms. The molecule has 3 rings (SSSR count). The molecule has 0 saturated heterocycles. The molecule has 142 valence electrons. The molecule has 0 aliphatic heterocycles. The topological polar surface area (TPSA) is 112 Å². The van der Waals surface area contributed by atoms with Crippen LogP contribution in [0, 0.1) is 0 Å². The van der Waals surface area contributed by atoms with Gasteiger partial charge in [0.25, 0.3) is 0 Å². The molecule has 0 unspecified atom stereocenters. The van der Waals surface area contributed by atoms with Crippen LogP contribution in [0.1, 0.15) is 26.5 Å². The van der Waals surface area contributed by atoms with Crippen molar-refractivity contribution in [3.05, 3.63) is 41.0 Å². The molecular formula is C17H19ClN6O2S. The molecule has 27 heavy (non-hydrogen) atoms. The number of aromatic nitrogens is 4. The van der Waals surface area contributed by atoms with Gasteiger partial charge in [-0.25, -0.2) is 4.68 Å². The Kier molecular flexibility index (Phi) is 5.43. The highest BCUT2D eigenvalue weighted by molar-refractivity contribution is 7.99. The van der Waals surface area contributed by atoms with Gasteiger partial charge < -0.3 is 10.4 Å². The number of nitrogens with two attached hydrogens (primary N) is 1. The molecular weight excluding hydrogens is 388 g/mol. The van der Waals surface area contributed by atoms with E-state index in [2.05, 4.69) is 20.7 Å². The van der Waals surface area contributed by atoms with E-state index in [0.29, 0.717) is 27.5 Å². The molecule has 0 radical (unpaired) electrons. The maximum Gasteiger partial charge on any atom is 0.237 e. The van der Waals surface area contributed by atoms with Gasteiger partial charge in [-0.2, -0.15) is 0 Å². The molecule has 0 bridgehead atoms. The van der Waals surface area contributed by atoms with Crippen molar-refractivity contribution < 1.29 is 9.32 Å². The van der Waals surface area contributed by atoms with Gasteiger partial charge in [-0.15, -0.1) is 10.2 Å². The summed E-state index contributed by atoms with van der Waals surface area (Å²) in [7, 11) is 0. The molecule has 2 heterocycles. The summed E-state index contributed by atoms with van der Waals surface area (Å²) in [4.78, 5) is 12.1. The second kappa shape index (κ2) is 7.61. The monoisotopic (exact) mass is 406 g/mol. The first-order chi connectivity index (χ1) is 12.8. The third-order valence-electron chi connectivity index (χ3n) is 3.65. The van der Waals surface area contributed by atoms with E-state index in [9.17, 15) is 4.79 Å². The van der Waals surface area contributed by atoms with E-state index in [-0.39, 0.29) is 17.1 Å². The smallest absolute Gasteiger partial charge is 0.237 e. The lowest BCUT2D eigenvalue weighted by Crippen LogP contribution is -2.16. The number of halogens is 1. The highest BCUT2D eigenvalue weighted by Crippen LogP contribution is 2.28. The molecule has 1 aromatic carbocycles. The number of rotatable bonds is 5. The van der Waals surface area contributed by atoms with Crippen LogP contribution in [0.25, 0.3) is 11.4 Å². The Morgan fingerprint density at radius 1 is 1.33 bits per heavy atom. The Morgan fingerprint density at radius 2 is 2.07 bits per heavy atom. The fraction of sp³-hybridized carbons (Fsp3) is 0.294. The van der Waals surface area contributed by atoms with Crippen molar-refractivity contribution in [2.75, 3.05) is 16.9 Å². The zero-order valence-corrected chi connectivity index (χ0v) is 16.6. The van der Waals surface area contributed by atoms with Gasteiger partial charge in [-0.05, 0) is 12.1 Å². The van der Waals surface area contributed by atoms with Crippen molar-refractivity contribution in [1.82, 2.24) is 20.0 Å². The SMILES string of the molecule is CC(C)(C)c1cc(NC(=O)CSc2nnc(-c3ccccc3Cl)n2N)on1. The number of benzene rings is 1. The summed E-state index contributed by atoms with van der Waals surface area (Å²) < 4.78 is 6.46. The summed E-state index contributed by atoms with van der Waals surface area (Å²) in [6.45, 7) is 6.03. The maximum absolute atomic E-state index is 12.1.